The van der Waals surface area contributed by atoms with Crippen molar-refractivity contribution >= 4 is 30.9 Å². The molecule has 0 spiro atoms. The Morgan fingerprint density at radius 2 is 1.17 bits per heavy atom. The molecule has 0 bridgehead atoms. The van der Waals surface area contributed by atoms with Crippen molar-refractivity contribution < 1.29 is 48.8 Å². The summed E-state index contributed by atoms with van der Waals surface area (Å²) in [6.07, 6.45) is 0. The molecule has 0 aliphatic carbocycles. The van der Waals surface area contributed by atoms with Crippen molar-refractivity contribution in [1.82, 2.24) is 6.15 Å². The van der Waals surface area contributed by atoms with Crippen LogP contribution in [-0.2, 0) is 25.8 Å². The third-order valence-electron chi connectivity index (χ3n) is 0. The van der Waals surface area contributed by atoms with E-state index in [0.29, 0.717) is 0 Å². The van der Waals surface area contributed by atoms with Gasteiger partial charge in [0.2, 0.25) is 0 Å². The molecule has 0 fully saturated rings. The van der Waals surface area contributed by atoms with E-state index in [9.17, 15) is 0 Å². The van der Waals surface area contributed by atoms with Crippen LogP contribution in [0.4, 0.5) is 0 Å². The van der Waals surface area contributed by atoms with Crippen LogP contribution in [0.15, 0.2) is 0 Å². The summed E-state index contributed by atoms with van der Waals surface area (Å²) < 4.78 is 43.1. The monoisotopic (exact) mass is 255 g/mol. The summed E-state index contributed by atoms with van der Waals surface area (Å²) >= 11 is -5.75. The molecule has 0 aromatic rings. The summed E-state index contributed by atoms with van der Waals surface area (Å²) in [5, 5.41) is 0. The third-order valence-corrected chi connectivity index (χ3v) is 0. The zero-order valence-electron chi connectivity index (χ0n) is 5.91. The standard InChI is InChI=1S/Cr.Mg.H3N.H3O4P.4O/c;;;1-5(2,3)4;;;;/h;;1H3;(H3,1,2,3,4);;;;/q;+2;;;;;2*-1. The van der Waals surface area contributed by atoms with Crippen LogP contribution < -0.4 is 19.4 Å². The Bertz CT molecular complexity index is 197. The second-order valence-corrected chi connectivity index (χ2v) is 3.15. The normalized spacial score (nSPS) is 9.75. The molecule has 0 unspecified atom stereocenters. The van der Waals surface area contributed by atoms with E-state index in [4.69, 9.17) is 35.2 Å². The van der Waals surface area contributed by atoms with E-state index < -0.39 is 21.4 Å². The Kier molecular flexibility index (Phi) is 16.3. The van der Waals surface area contributed by atoms with E-state index >= 15 is 0 Å². The summed E-state index contributed by atoms with van der Waals surface area (Å²) in [4.78, 5) is 22.9. The van der Waals surface area contributed by atoms with Crippen molar-refractivity contribution in [3.05, 3.63) is 0 Å². The molecule has 0 aliphatic rings. The maximum atomic E-state index is 8.77. The molecule has 0 radical (unpaired) electrons. The summed E-state index contributed by atoms with van der Waals surface area (Å²) in [5.41, 5.74) is 0. The van der Waals surface area contributed by atoms with Crippen molar-refractivity contribution in [3.63, 3.8) is 0 Å². The van der Waals surface area contributed by atoms with E-state index in [-0.39, 0.29) is 29.2 Å². The molecule has 0 atom stereocenters. The van der Waals surface area contributed by atoms with Crippen molar-refractivity contribution in [2.24, 2.45) is 0 Å². The second kappa shape index (κ2) is 8.49. The second-order valence-electron chi connectivity index (χ2n) is 0.899. The van der Waals surface area contributed by atoms with Gasteiger partial charge in [-0.2, -0.15) is 0 Å². The molecule has 0 heterocycles. The zero-order valence-corrected chi connectivity index (χ0v) is 9.49. The van der Waals surface area contributed by atoms with Gasteiger partial charge in [-0.05, 0) is 0 Å². The van der Waals surface area contributed by atoms with Gasteiger partial charge in [-0.15, -0.1) is 0 Å². The van der Waals surface area contributed by atoms with Crippen LogP contribution in [0.1, 0.15) is 0 Å². The van der Waals surface area contributed by atoms with Crippen LogP contribution in [0.2, 0.25) is 0 Å². The Morgan fingerprint density at radius 1 is 1.17 bits per heavy atom. The fourth-order valence-corrected chi connectivity index (χ4v) is 0. The number of hydrogen-bond donors (Lipinski definition) is 3. The molecule has 72 valence electrons. The van der Waals surface area contributed by atoms with Gasteiger partial charge in [-0.25, -0.2) is 0 Å². The fourth-order valence-electron chi connectivity index (χ4n) is 0. The minimum atomic E-state index is -5.75. The van der Waals surface area contributed by atoms with E-state index in [1.807, 2.05) is 0 Å². The molecule has 0 rings (SSSR count). The quantitative estimate of drug-likeness (QED) is 0.286. The Hall–Kier alpha value is 0.889. The molecule has 0 saturated carbocycles. The predicted molar refractivity (Wildman–Crippen MR) is 25.2 cm³/mol. The van der Waals surface area contributed by atoms with Crippen LogP contribution in [0, 0.1) is 0 Å². The van der Waals surface area contributed by atoms with Gasteiger partial charge in [-0.1, -0.05) is 0 Å². The van der Waals surface area contributed by atoms with Crippen molar-refractivity contribution in [2.45, 2.75) is 0 Å². The van der Waals surface area contributed by atoms with E-state index in [1.165, 1.54) is 0 Å². The summed E-state index contributed by atoms with van der Waals surface area (Å²) in [7, 11) is -4.89. The van der Waals surface area contributed by atoms with Crippen molar-refractivity contribution in [3.8, 4) is 0 Å². The molecular weight excluding hydrogens is 249 g/mol. The summed E-state index contributed by atoms with van der Waals surface area (Å²) in [6, 6.07) is 0. The molecule has 6 N–H and O–H groups in total. The summed E-state index contributed by atoms with van der Waals surface area (Å²) in [5.74, 6) is 0. The van der Waals surface area contributed by atoms with Crippen LogP contribution in [0.5, 0.6) is 0 Å². The van der Waals surface area contributed by atoms with Crippen LogP contribution >= 0.6 is 7.82 Å². The van der Waals surface area contributed by atoms with Crippen molar-refractivity contribution in [1.29, 1.82) is 0 Å². The molecule has 0 aromatic heterocycles. The van der Waals surface area contributed by atoms with Crippen LogP contribution in [-0.4, -0.2) is 32.8 Å². The number of phosphoric acid groups is 1. The van der Waals surface area contributed by atoms with Gasteiger partial charge < -0.3 is 20.8 Å². The van der Waals surface area contributed by atoms with E-state index in [1.54, 1.807) is 0 Å². The zero-order chi connectivity index (χ0) is 9.00. The van der Waals surface area contributed by atoms with Crippen molar-refractivity contribution in [2.75, 3.05) is 0 Å². The third kappa shape index (κ3) is 1350. The van der Waals surface area contributed by atoms with Gasteiger partial charge >= 0.3 is 52.6 Å². The number of quaternary nitrogens is 1. The van der Waals surface area contributed by atoms with Gasteiger partial charge in [0.25, 0.3) is 7.82 Å². The Morgan fingerprint density at radius 3 is 1.17 bits per heavy atom. The minimum absolute atomic E-state index is 0. The van der Waals surface area contributed by atoms with Crippen LogP contribution in [0.25, 0.3) is 0 Å². The molecule has 12 heavy (non-hydrogen) atoms. The van der Waals surface area contributed by atoms with Gasteiger partial charge in [0.05, 0.1) is 0 Å². The Labute approximate surface area is 85.8 Å². The number of rotatable bonds is 0. The first-order valence-electron chi connectivity index (χ1n) is 1.43. The molecule has 9 nitrogen and oxygen atoms in total. The Balaban J connectivity index is -0.0000000457. The predicted octanol–water partition coefficient (Wildman–Crippen LogP) is -4.18. The van der Waals surface area contributed by atoms with Gasteiger partial charge in [0.1, 0.15) is 0 Å². The fraction of sp³-hybridized carbons (Fsp3) is 0. The van der Waals surface area contributed by atoms with Gasteiger partial charge in [0.15, 0.2) is 0 Å². The molecule has 0 saturated heterocycles. The SMILES string of the molecule is O=P([O-])(O)O.[Mg+2].[NH4+].[O]=[Cr](=[O])([O-])[O-]. The summed E-state index contributed by atoms with van der Waals surface area (Å²) in [6.45, 7) is 0. The molecule has 12 heteroatoms. The van der Waals surface area contributed by atoms with Gasteiger partial charge in [0, 0.05) is 0 Å². The van der Waals surface area contributed by atoms with Gasteiger partial charge in [-0.3, -0.25) is 4.57 Å². The number of hydrogen-bond acceptors (Lipinski definition) is 6. The topological polar surface area (TPSA) is 197 Å². The first-order chi connectivity index (χ1) is 4.00. The average molecular weight is 255 g/mol. The molecule has 0 aliphatic heterocycles. The molecular formula is H6CrMgNO8P. The first kappa shape index (κ1) is 23.1. The average Bonchev–Trinajstić information content (AvgIpc) is 1.12. The first-order valence-corrected chi connectivity index (χ1v) is 5.04. The van der Waals surface area contributed by atoms with E-state index in [2.05, 4.69) is 0 Å². The van der Waals surface area contributed by atoms with Crippen LogP contribution in [0.3, 0.4) is 0 Å². The molecule has 0 aromatic carbocycles. The van der Waals surface area contributed by atoms with E-state index in [0.717, 1.165) is 0 Å². The maximum absolute atomic E-state index is 8.77. The molecule has 0 amide bonds.